The van der Waals surface area contributed by atoms with E-state index in [9.17, 15) is 13.2 Å². The minimum Gasteiger partial charge on any atom is -0.487 e. The number of fused-ring (bicyclic) bond motifs is 1. The molecule has 1 heterocycles. The third kappa shape index (κ3) is 3.64. The number of ether oxygens (including phenoxy) is 1. The molecule has 6 nitrogen and oxygen atoms in total. The van der Waals surface area contributed by atoms with Crippen LogP contribution in [0.1, 0.15) is 13.8 Å². The van der Waals surface area contributed by atoms with Crippen LogP contribution in [0.3, 0.4) is 0 Å². The normalized spacial score (nSPS) is 16.8. The predicted octanol–water partition coefficient (Wildman–Crippen LogP) is 3.38. The van der Waals surface area contributed by atoms with Gasteiger partial charge in [-0.05, 0) is 47.1 Å². The summed E-state index contributed by atoms with van der Waals surface area (Å²) in [6.45, 7) is 3.74. The van der Waals surface area contributed by atoms with Crippen LogP contribution in [0.4, 0.5) is 11.4 Å². The van der Waals surface area contributed by atoms with Crippen LogP contribution in [0.5, 0.6) is 5.75 Å². The second-order valence-electron chi connectivity index (χ2n) is 5.77. The summed E-state index contributed by atoms with van der Waals surface area (Å²) in [5.74, 6) is 0.266. The molecule has 1 aliphatic rings. The van der Waals surface area contributed by atoms with Crippen LogP contribution in [-0.4, -0.2) is 27.0 Å². The van der Waals surface area contributed by atoms with Crippen LogP contribution in [0, 0.1) is 0 Å². The highest BCUT2D eigenvalue weighted by atomic mass is 79.9. The average molecular weight is 425 g/mol. The minimum absolute atomic E-state index is 0.0691. The molecule has 8 heteroatoms. The number of anilines is 2. The first-order valence-electron chi connectivity index (χ1n) is 7.64. The van der Waals surface area contributed by atoms with E-state index >= 15 is 0 Å². The largest absolute Gasteiger partial charge is 0.487 e. The van der Waals surface area contributed by atoms with Crippen molar-refractivity contribution in [2.75, 3.05) is 16.2 Å². The van der Waals surface area contributed by atoms with Gasteiger partial charge in [-0.15, -0.1) is 0 Å². The Morgan fingerprint density at radius 3 is 2.68 bits per heavy atom. The quantitative estimate of drug-likeness (QED) is 0.818. The fraction of sp³-hybridized carbons (Fsp3) is 0.235. The summed E-state index contributed by atoms with van der Waals surface area (Å²) in [6, 6.07) is 11.5. The molecule has 0 spiro atoms. The number of para-hydroxylation sites is 1. The smallest absolute Gasteiger partial charge is 0.262 e. The third-order valence-electron chi connectivity index (χ3n) is 3.80. The number of carbonyl (C=O) groups is 1. The Balaban J connectivity index is 1.97. The van der Waals surface area contributed by atoms with Crippen LogP contribution in [0.15, 0.2) is 51.8 Å². The van der Waals surface area contributed by atoms with E-state index in [4.69, 9.17) is 4.74 Å². The van der Waals surface area contributed by atoms with Gasteiger partial charge in [0, 0.05) is 17.5 Å². The fourth-order valence-corrected chi connectivity index (χ4v) is 4.24. The molecule has 1 unspecified atom stereocenters. The molecular formula is C17H17BrN2O4S. The van der Waals surface area contributed by atoms with Gasteiger partial charge in [0.1, 0.15) is 11.9 Å². The maximum atomic E-state index is 12.7. The highest BCUT2D eigenvalue weighted by Gasteiger charge is 2.27. The highest BCUT2D eigenvalue weighted by molar-refractivity contribution is 9.10. The van der Waals surface area contributed by atoms with Crippen molar-refractivity contribution in [2.24, 2.45) is 0 Å². The van der Waals surface area contributed by atoms with Gasteiger partial charge in [-0.25, -0.2) is 8.42 Å². The molecule has 132 valence electrons. The third-order valence-corrected chi connectivity index (χ3v) is 5.85. The Bertz CT molecular complexity index is 930. The maximum Gasteiger partial charge on any atom is 0.262 e. The van der Waals surface area contributed by atoms with Crippen LogP contribution < -0.4 is 14.4 Å². The Hall–Kier alpha value is -2.06. The number of hydrogen-bond donors (Lipinski definition) is 1. The molecule has 0 fully saturated rings. The van der Waals surface area contributed by atoms with Gasteiger partial charge in [-0.3, -0.25) is 9.52 Å². The summed E-state index contributed by atoms with van der Waals surface area (Å²) in [7, 11) is -3.79. The molecule has 1 N–H and O–H groups in total. The van der Waals surface area contributed by atoms with Gasteiger partial charge in [0.25, 0.3) is 10.0 Å². The monoisotopic (exact) mass is 424 g/mol. The lowest BCUT2D eigenvalue weighted by Gasteiger charge is -2.33. The van der Waals surface area contributed by atoms with Gasteiger partial charge in [-0.2, -0.15) is 0 Å². The molecule has 0 aromatic heterocycles. The van der Waals surface area contributed by atoms with E-state index in [1.54, 1.807) is 35.2 Å². The summed E-state index contributed by atoms with van der Waals surface area (Å²) in [5, 5.41) is 0. The number of sulfonamides is 1. The van der Waals surface area contributed by atoms with Gasteiger partial charge in [0.05, 0.1) is 22.8 Å². The van der Waals surface area contributed by atoms with Crippen LogP contribution >= 0.6 is 15.9 Å². The highest BCUT2D eigenvalue weighted by Crippen LogP contribution is 2.36. The first-order chi connectivity index (χ1) is 11.8. The molecule has 0 radical (unpaired) electrons. The zero-order valence-corrected chi connectivity index (χ0v) is 16.1. The van der Waals surface area contributed by atoms with Crippen molar-refractivity contribution in [3.8, 4) is 5.75 Å². The van der Waals surface area contributed by atoms with E-state index in [0.717, 1.165) is 0 Å². The Labute approximate surface area is 155 Å². The number of nitrogens with one attached hydrogen (secondary N) is 1. The number of hydrogen-bond acceptors (Lipinski definition) is 4. The molecule has 25 heavy (non-hydrogen) atoms. The van der Waals surface area contributed by atoms with Crippen LogP contribution in [0.25, 0.3) is 0 Å². The van der Waals surface area contributed by atoms with E-state index in [1.807, 2.05) is 6.92 Å². The van der Waals surface area contributed by atoms with Crippen molar-refractivity contribution in [3.63, 3.8) is 0 Å². The van der Waals surface area contributed by atoms with Gasteiger partial charge in [0.2, 0.25) is 5.91 Å². The number of benzene rings is 2. The molecular weight excluding hydrogens is 408 g/mol. The van der Waals surface area contributed by atoms with E-state index in [-0.39, 0.29) is 16.9 Å². The minimum atomic E-state index is -3.79. The molecule has 1 amide bonds. The van der Waals surface area contributed by atoms with Crippen molar-refractivity contribution in [1.29, 1.82) is 0 Å². The maximum absolute atomic E-state index is 12.7. The van der Waals surface area contributed by atoms with E-state index in [2.05, 4.69) is 20.7 Å². The molecule has 2 aromatic rings. The molecule has 0 saturated carbocycles. The molecule has 2 aromatic carbocycles. The summed E-state index contributed by atoms with van der Waals surface area (Å²) in [5.41, 5.74) is 1.02. The van der Waals surface area contributed by atoms with Crippen LogP contribution in [0.2, 0.25) is 0 Å². The van der Waals surface area contributed by atoms with E-state index in [1.165, 1.54) is 19.1 Å². The molecule has 0 aliphatic carbocycles. The van der Waals surface area contributed by atoms with Gasteiger partial charge < -0.3 is 9.64 Å². The number of nitrogens with zero attached hydrogens (tertiary/aromatic N) is 1. The Morgan fingerprint density at radius 1 is 1.28 bits per heavy atom. The van der Waals surface area contributed by atoms with E-state index in [0.29, 0.717) is 28.1 Å². The Kier molecular flexibility index (Phi) is 4.75. The summed E-state index contributed by atoms with van der Waals surface area (Å²) >= 11 is 3.32. The topological polar surface area (TPSA) is 75.7 Å². The van der Waals surface area contributed by atoms with E-state index < -0.39 is 10.0 Å². The Morgan fingerprint density at radius 2 is 2.00 bits per heavy atom. The summed E-state index contributed by atoms with van der Waals surface area (Å²) in [6.07, 6.45) is -0.217. The molecule has 0 saturated heterocycles. The second kappa shape index (κ2) is 6.68. The number of rotatable bonds is 3. The number of amides is 1. The first kappa shape index (κ1) is 17.8. The molecule has 1 atom stereocenters. The van der Waals surface area contributed by atoms with Crippen molar-refractivity contribution < 1.29 is 17.9 Å². The molecule has 0 bridgehead atoms. The van der Waals surface area contributed by atoms with Crippen molar-refractivity contribution >= 4 is 43.2 Å². The second-order valence-corrected chi connectivity index (χ2v) is 8.31. The average Bonchev–Trinajstić information content (AvgIpc) is 2.55. The zero-order valence-electron chi connectivity index (χ0n) is 13.7. The van der Waals surface area contributed by atoms with Gasteiger partial charge in [-0.1, -0.05) is 12.1 Å². The number of halogens is 1. The SMILES string of the molecule is CC(=O)N1CC(C)Oc2cc(S(=O)(=O)Nc3ccccc3Br)ccc21. The lowest BCUT2D eigenvalue weighted by molar-refractivity contribution is -0.117. The number of carbonyl (C=O) groups excluding carboxylic acids is 1. The zero-order chi connectivity index (χ0) is 18.2. The van der Waals surface area contributed by atoms with Crippen LogP contribution in [-0.2, 0) is 14.8 Å². The van der Waals surface area contributed by atoms with Crippen molar-refractivity contribution in [1.82, 2.24) is 0 Å². The molecule has 3 rings (SSSR count). The standard InChI is InChI=1S/C17H17BrN2O4S/c1-11-10-20(12(2)21)16-8-7-13(9-17(16)24-11)25(22,23)19-15-6-4-3-5-14(15)18/h3-9,11,19H,10H2,1-2H3. The van der Waals surface area contributed by atoms with Gasteiger partial charge in [0.15, 0.2) is 0 Å². The molecule has 1 aliphatic heterocycles. The van der Waals surface area contributed by atoms with Crippen molar-refractivity contribution in [3.05, 3.63) is 46.9 Å². The van der Waals surface area contributed by atoms with Gasteiger partial charge >= 0.3 is 0 Å². The first-order valence-corrected chi connectivity index (χ1v) is 9.92. The lowest BCUT2D eigenvalue weighted by atomic mass is 10.2. The fourth-order valence-electron chi connectivity index (χ4n) is 2.63. The van der Waals surface area contributed by atoms with Crippen molar-refractivity contribution in [2.45, 2.75) is 24.8 Å². The predicted molar refractivity (Wildman–Crippen MR) is 99.5 cm³/mol. The summed E-state index contributed by atoms with van der Waals surface area (Å²) in [4.78, 5) is 13.5. The summed E-state index contributed by atoms with van der Waals surface area (Å²) < 4.78 is 34.3. The lowest BCUT2D eigenvalue weighted by Crippen LogP contribution is -2.41.